The zero-order chi connectivity index (χ0) is 16.2. The molecule has 2 aromatic rings. The Kier molecular flexibility index (Phi) is 4.65. The van der Waals surface area contributed by atoms with E-state index in [-0.39, 0.29) is 5.78 Å². The maximum absolute atomic E-state index is 12.5. The number of carbonyl (C=O) groups excluding carboxylic acids is 1. The molecule has 0 amide bonds. The lowest BCUT2D eigenvalue weighted by Crippen LogP contribution is -2.04. The Labute approximate surface area is 126 Å². The van der Waals surface area contributed by atoms with Crippen LogP contribution in [0.4, 0.5) is 18.9 Å². The fourth-order valence-electron chi connectivity index (χ4n) is 1.92. The molecule has 0 saturated heterocycles. The smallest absolute Gasteiger partial charge is 0.361 e. The van der Waals surface area contributed by atoms with Crippen LogP contribution in [0.15, 0.2) is 60.8 Å². The fourth-order valence-corrected chi connectivity index (χ4v) is 1.92. The average Bonchev–Trinajstić information content (AvgIpc) is 2.48. The largest absolute Gasteiger partial charge is 0.416 e. The van der Waals surface area contributed by atoms with Crippen LogP contribution >= 0.6 is 0 Å². The minimum atomic E-state index is -4.36. The number of allylic oxidation sites excluding steroid dienone is 1. The van der Waals surface area contributed by atoms with E-state index >= 15 is 0 Å². The monoisotopic (exact) mass is 305 g/mol. The summed E-state index contributed by atoms with van der Waals surface area (Å²) in [6, 6.07) is 13.7. The number of ketones is 1. The van der Waals surface area contributed by atoms with E-state index in [2.05, 4.69) is 5.32 Å². The van der Waals surface area contributed by atoms with Gasteiger partial charge in [0, 0.05) is 17.5 Å². The fraction of sp³-hybridized carbons (Fsp3) is 0.118. The highest BCUT2D eigenvalue weighted by Crippen LogP contribution is 2.29. The van der Waals surface area contributed by atoms with Gasteiger partial charge in [-0.2, -0.15) is 13.2 Å². The van der Waals surface area contributed by atoms with E-state index in [1.807, 2.05) is 18.2 Å². The molecule has 114 valence electrons. The lowest BCUT2D eigenvalue weighted by atomic mass is 10.0. The summed E-state index contributed by atoms with van der Waals surface area (Å²) < 4.78 is 37.5. The predicted molar refractivity (Wildman–Crippen MR) is 80.2 cm³/mol. The standard InChI is InChI=1S/C17H14F3NO/c1-12(22)16(13-5-3-2-4-6-13)11-21-15-9-7-14(8-10-15)17(18,19)20/h2-11,21H,1H3. The first-order valence-corrected chi connectivity index (χ1v) is 6.58. The third-order valence-electron chi connectivity index (χ3n) is 3.06. The molecule has 1 N–H and O–H groups in total. The van der Waals surface area contributed by atoms with Crippen LogP contribution in [0, 0.1) is 0 Å². The second-order valence-corrected chi connectivity index (χ2v) is 4.70. The molecule has 0 saturated carbocycles. The van der Waals surface area contributed by atoms with Crippen LogP contribution in [-0.4, -0.2) is 5.78 Å². The van der Waals surface area contributed by atoms with Crippen molar-refractivity contribution in [2.24, 2.45) is 0 Å². The van der Waals surface area contributed by atoms with Crippen molar-refractivity contribution in [3.05, 3.63) is 71.9 Å². The highest BCUT2D eigenvalue weighted by molar-refractivity contribution is 6.19. The molecule has 0 heterocycles. The van der Waals surface area contributed by atoms with Gasteiger partial charge in [0.2, 0.25) is 0 Å². The van der Waals surface area contributed by atoms with Crippen molar-refractivity contribution in [2.45, 2.75) is 13.1 Å². The van der Waals surface area contributed by atoms with Crippen molar-refractivity contribution >= 4 is 17.0 Å². The van der Waals surface area contributed by atoms with Crippen LogP contribution in [0.25, 0.3) is 5.57 Å². The van der Waals surface area contributed by atoms with E-state index in [0.717, 1.165) is 17.7 Å². The molecular weight excluding hydrogens is 291 g/mol. The van der Waals surface area contributed by atoms with Crippen molar-refractivity contribution < 1.29 is 18.0 Å². The quantitative estimate of drug-likeness (QED) is 0.826. The Morgan fingerprint density at radius 3 is 2.09 bits per heavy atom. The summed E-state index contributed by atoms with van der Waals surface area (Å²) in [5, 5.41) is 2.85. The summed E-state index contributed by atoms with van der Waals surface area (Å²) in [6.45, 7) is 1.44. The van der Waals surface area contributed by atoms with E-state index in [1.54, 1.807) is 12.1 Å². The maximum atomic E-state index is 12.5. The van der Waals surface area contributed by atoms with Crippen molar-refractivity contribution in [3.8, 4) is 0 Å². The lowest BCUT2D eigenvalue weighted by molar-refractivity contribution is -0.137. The molecule has 2 aromatic carbocycles. The van der Waals surface area contributed by atoms with E-state index in [4.69, 9.17) is 0 Å². The van der Waals surface area contributed by atoms with Gasteiger partial charge in [0.1, 0.15) is 0 Å². The molecule has 22 heavy (non-hydrogen) atoms. The number of anilines is 1. The third-order valence-corrected chi connectivity index (χ3v) is 3.06. The number of hydrogen-bond acceptors (Lipinski definition) is 2. The molecule has 0 aliphatic heterocycles. The van der Waals surface area contributed by atoms with E-state index in [1.165, 1.54) is 25.3 Å². The molecule has 0 fully saturated rings. The summed E-state index contributed by atoms with van der Waals surface area (Å²) in [7, 11) is 0. The number of benzene rings is 2. The molecular formula is C17H14F3NO. The summed E-state index contributed by atoms with van der Waals surface area (Å²) in [6.07, 6.45) is -2.86. The van der Waals surface area contributed by atoms with Gasteiger partial charge >= 0.3 is 6.18 Å². The first kappa shape index (κ1) is 15.8. The molecule has 0 bridgehead atoms. The molecule has 2 rings (SSSR count). The number of alkyl halides is 3. The molecule has 0 atom stereocenters. The van der Waals surface area contributed by atoms with Crippen molar-refractivity contribution in [2.75, 3.05) is 5.32 Å². The van der Waals surface area contributed by atoms with Crippen LogP contribution < -0.4 is 5.32 Å². The van der Waals surface area contributed by atoms with Crippen molar-refractivity contribution in [1.29, 1.82) is 0 Å². The van der Waals surface area contributed by atoms with Crippen LogP contribution in [0.3, 0.4) is 0 Å². The second kappa shape index (κ2) is 6.47. The lowest BCUT2D eigenvalue weighted by Gasteiger charge is -2.09. The summed E-state index contributed by atoms with van der Waals surface area (Å²) >= 11 is 0. The molecule has 0 aliphatic rings. The van der Waals surface area contributed by atoms with Crippen LogP contribution in [0.1, 0.15) is 18.1 Å². The predicted octanol–water partition coefficient (Wildman–Crippen LogP) is 4.75. The SMILES string of the molecule is CC(=O)C(=CNc1ccc(C(F)(F)F)cc1)c1ccccc1. The molecule has 5 heteroatoms. The second-order valence-electron chi connectivity index (χ2n) is 4.70. The molecule has 0 unspecified atom stereocenters. The maximum Gasteiger partial charge on any atom is 0.416 e. The van der Waals surface area contributed by atoms with Gasteiger partial charge in [-0.15, -0.1) is 0 Å². The Hall–Kier alpha value is -2.56. The summed E-state index contributed by atoms with van der Waals surface area (Å²) in [4.78, 5) is 11.7. The number of rotatable bonds is 4. The number of nitrogens with one attached hydrogen (secondary N) is 1. The van der Waals surface area contributed by atoms with Gasteiger partial charge in [-0.05, 0) is 36.8 Å². The normalized spacial score (nSPS) is 12.1. The van der Waals surface area contributed by atoms with Gasteiger partial charge in [0.05, 0.1) is 5.56 Å². The topological polar surface area (TPSA) is 29.1 Å². The summed E-state index contributed by atoms with van der Waals surface area (Å²) in [5.41, 5.74) is 0.967. The van der Waals surface area contributed by atoms with Gasteiger partial charge in [-0.1, -0.05) is 30.3 Å². The van der Waals surface area contributed by atoms with E-state index in [0.29, 0.717) is 11.3 Å². The van der Waals surface area contributed by atoms with Crippen molar-refractivity contribution in [3.63, 3.8) is 0 Å². The Bertz CT molecular complexity index is 673. The van der Waals surface area contributed by atoms with Gasteiger partial charge in [-0.25, -0.2) is 0 Å². The van der Waals surface area contributed by atoms with E-state index in [9.17, 15) is 18.0 Å². The van der Waals surface area contributed by atoms with Gasteiger partial charge in [0.25, 0.3) is 0 Å². The number of hydrogen-bond donors (Lipinski definition) is 1. The molecule has 0 spiro atoms. The molecule has 2 nitrogen and oxygen atoms in total. The highest BCUT2D eigenvalue weighted by Gasteiger charge is 2.29. The van der Waals surface area contributed by atoms with Gasteiger partial charge < -0.3 is 5.32 Å². The minimum Gasteiger partial charge on any atom is -0.361 e. The molecule has 0 radical (unpaired) electrons. The number of carbonyl (C=O) groups is 1. The van der Waals surface area contributed by atoms with Crippen LogP contribution in [-0.2, 0) is 11.0 Å². The zero-order valence-electron chi connectivity index (χ0n) is 11.8. The van der Waals surface area contributed by atoms with Gasteiger partial charge in [0.15, 0.2) is 5.78 Å². The number of halogens is 3. The zero-order valence-corrected chi connectivity index (χ0v) is 11.8. The first-order valence-electron chi connectivity index (χ1n) is 6.58. The van der Waals surface area contributed by atoms with Gasteiger partial charge in [-0.3, -0.25) is 4.79 Å². The Balaban J connectivity index is 2.20. The highest BCUT2D eigenvalue weighted by atomic mass is 19.4. The summed E-state index contributed by atoms with van der Waals surface area (Å²) in [5.74, 6) is -0.134. The van der Waals surface area contributed by atoms with E-state index < -0.39 is 11.7 Å². The molecule has 0 aromatic heterocycles. The third kappa shape index (κ3) is 3.97. The number of Topliss-reactive ketones (excluding diaryl/α,β-unsaturated/α-hetero) is 1. The Morgan fingerprint density at radius 1 is 1.00 bits per heavy atom. The molecule has 0 aliphatic carbocycles. The average molecular weight is 305 g/mol. The van der Waals surface area contributed by atoms with Crippen LogP contribution in [0.5, 0.6) is 0 Å². The minimum absolute atomic E-state index is 0.134. The van der Waals surface area contributed by atoms with Crippen molar-refractivity contribution in [1.82, 2.24) is 0 Å². The van der Waals surface area contributed by atoms with Crippen LogP contribution in [0.2, 0.25) is 0 Å². The Morgan fingerprint density at radius 2 is 1.59 bits per heavy atom. The first-order chi connectivity index (χ1) is 10.4.